The first-order chi connectivity index (χ1) is 16.8. The third kappa shape index (κ3) is 5.06. The fourth-order valence-corrected chi connectivity index (χ4v) is 4.56. The van der Waals surface area contributed by atoms with Crippen molar-refractivity contribution in [2.75, 3.05) is 27.4 Å². The number of fused-ring (bicyclic) bond motifs is 1. The van der Waals surface area contributed by atoms with Crippen LogP contribution in [0.3, 0.4) is 0 Å². The van der Waals surface area contributed by atoms with Gasteiger partial charge in [-0.05, 0) is 72.9 Å². The van der Waals surface area contributed by atoms with Crippen molar-refractivity contribution in [3.05, 3.63) is 92.5 Å². The number of nitro groups is 1. The van der Waals surface area contributed by atoms with Gasteiger partial charge in [-0.1, -0.05) is 12.1 Å². The van der Waals surface area contributed by atoms with Crippen molar-refractivity contribution in [3.8, 4) is 17.2 Å². The molecule has 0 N–H and O–H groups in total. The smallest absolute Gasteiger partial charge is 0.270 e. The average molecular weight is 477 g/mol. The second kappa shape index (κ2) is 10.0. The van der Waals surface area contributed by atoms with Crippen LogP contribution in [0.15, 0.2) is 54.6 Å². The number of hydrogen-bond donors (Lipinski definition) is 0. The largest absolute Gasteiger partial charge is 0.493 e. The van der Waals surface area contributed by atoms with Crippen LogP contribution in [0.5, 0.6) is 17.2 Å². The quantitative estimate of drug-likeness (QED) is 0.350. The van der Waals surface area contributed by atoms with Crippen LogP contribution in [-0.4, -0.2) is 43.1 Å². The highest BCUT2D eigenvalue weighted by molar-refractivity contribution is 5.95. The van der Waals surface area contributed by atoms with Crippen LogP contribution >= 0.6 is 0 Å². The summed E-state index contributed by atoms with van der Waals surface area (Å²) in [5.41, 5.74) is 4.25. The van der Waals surface area contributed by atoms with Crippen molar-refractivity contribution in [3.63, 3.8) is 0 Å². The summed E-state index contributed by atoms with van der Waals surface area (Å²) in [7, 11) is 3.16. The van der Waals surface area contributed by atoms with E-state index in [1.54, 1.807) is 25.2 Å². The van der Waals surface area contributed by atoms with Crippen molar-refractivity contribution >= 4 is 11.6 Å². The summed E-state index contributed by atoms with van der Waals surface area (Å²) in [6.07, 6.45) is 0.608. The van der Waals surface area contributed by atoms with Crippen molar-refractivity contribution in [2.24, 2.45) is 0 Å². The Kier molecular flexibility index (Phi) is 6.91. The van der Waals surface area contributed by atoms with Gasteiger partial charge < -0.3 is 19.1 Å². The van der Waals surface area contributed by atoms with Crippen molar-refractivity contribution < 1.29 is 23.9 Å². The molecule has 0 bridgehead atoms. The van der Waals surface area contributed by atoms with E-state index in [-0.39, 0.29) is 23.8 Å². The predicted octanol–water partition coefficient (Wildman–Crippen LogP) is 5.05. The molecule has 1 amide bonds. The standard InChI is InChI=1S/C27H28N2O6/c1-17-10-18(2)12-22(11-17)35-16-24-23-15-26(34-4)25(33-3)14-19(23)8-9-28(24)27(30)20-6-5-7-21(13-20)29(31)32/h5-7,10-15,24H,8-9,16H2,1-4H3. The molecular formula is C27H28N2O6. The minimum atomic E-state index is -0.500. The van der Waals surface area contributed by atoms with Crippen LogP contribution in [0.4, 0.5) is 5.69 Å². The van der Waals surface area contributed by atoms with Gasteiger partial charge in [0.1, 0.15) is 12.4 Å². The molecule has 1 heterocycles. The summed E-state index contributed by atoms with van der Waals surface area (Å²) in [5, 5.41) is 11.3. The van der Waals surface area contributed by atoms with Crippen LogP contribution in [-0.2, 0) is 6.42 Å². The lowest BCUT2D eigenvalue weighted by atomic mass is 9.91. The highest BCUT2D eigenvalue weighted by atomic mass is 16.6. The summed E-state index contributed by atoms with van der Waals surface area (Å²) < 4.78 is 17.2. The molecule has 0 spiro atoms. The fraction of sp³-hybridized carbons (Fsp3) is 0.296. The molecule has 8 heteroatoms. The van der Waals surface area contributed by atoms with E-state index < -0.39 is 11.0 Å². The van der Waals surface area contributed by atoms with Gasteiger partial charge in [0.2, 0.25) is 0 Å². The van der Waals surface area contributed by atoms with Crippen LogP contribution in [0.2, 0.25) is 0 Å². The summed E-state index contributed by atoms with van der Waals surface area (Å²) >= 11 is 0. The Morgan fingerprint density at radius 3 is 2.37 bits per heavy atom. The van der Waals surface area contributed by atoms with E-state index in [1.807, 2.05) is 38.1 Å². The maximum atomic E-state index is 13.6. The molecule has 4 rings (SSSR count). The highest BCUT2D eigenvalue weighted by Gasteiger charge is 2.34. The molecular weight excluding hydrogens is 448 g/mol. The van der Waals surface area contributed by atoms with E-state index >= 15 is 0 Å². The maximum Gasteiger partial charge on any atom is 0.270 e. The number of ether oxygens (including phenoxy) is 3. The van der Waals surface area contributed by atoms with E-state index in [0.717, 1.165) is 28.0 Å². The van der Waals surface area contributed by atoms with Gasteiger partial charge in [0.25, 0.3) is 11.6 Å². The van der Waals surface area contributed by atoms with E-state index in [0.29, 0.717) is 24.5 Å². The molecule has 1 unspecified atom stereocenters. The van der Waals surface area contributed by atoms with Crippen LogP contribution in [0.25, 0.3) is 0 Å². The molecule has 0 saturated heterocycles. The van der Waals surface area contributed by atoms with Gasteiger partial charge in [0.05, 0.1) is 25.2 Å². The van der Waals surface area contributed by atoms with Crippen LogP contribution < -0.4 is 14.2 Å². The number of hydrogen-bond acceptors (Lipinski definition) is 6. The molecule has 0 radical (unpaired) electrons. The van der Waals surface area contributed by atoms with Gasteiger partial charge >= 0.3 is 0 Å². The molecule has 0 aliphatic carbocycles. The summed E-state index contributed by atoms with van der Waals surface area (Å²) in [6, 6.07) is 15.2. The number of nitro benzene ring substituents is 1. The zero-order chi connectivity index (χ0) is 25.1. The third-order valence-electron chi connectivity index (χ3n) is 6.17. The van der Waals surface area contributed by atoms with Gasteiger partial charge in [0.15, 0.2) is 11.5 Å². The zero-order valence-electron chi connectivity index (χ0n) is 20.2. The first-order valence-electron chi connectivity index (χ1n) is 11.3. The Balaban J connectivity index is 1.73. The number of rotatable bonds is 7. The molecule has 1 aliphatic rings. The Bertz CT molecular complexity index is 1250. The normalized spacial score (nSPS) is 14.7. The first kappa shape index (κ1) is 24.1. The number of methoxy groups -OCH3 is 2. The minimum absolute atomic E-state index is 0.122. The highest BCUT2D eigenvalue weighted by Crippen LogP contribution is 2.39. The molecule has 0 aromatic heterocycles. The van der Waals surface area contributed by atoms with E-state index in [9.17, 15) is 14.9 Å². The topological polar surface area (TPSA) is 91.1 Å². The molecule has 8 nitrogen and oxygen atoms in total. The summed E-state index contributed by atoms with van der Waals surface area (Å²) in [6.45, 7) is 4.66. The second-order valence-electron chi connectivity index (χ2n) is 8.61. The molecule has 0 fully saturated rings. The number of carbonyl (C=O) groups is 1. The number of nitrogens with zero attached hydrogens (tertiary/aromatic N) is 2. The molecule has 3 aromatic carbocycles. The van der Waals surface area contributed by atoms with Crippen molar-refractivity contribution in [1.82, 2.24) is 4.90 Å². The Hall–Kier alpha value is -4.07. The molecule has 1 atom stereocenters. The Labute approximate surface area is 204 Å². The molecule has 3 aromatic rings. The third-order valence-corrected chi connectivity index (χ3v) is 6.17. The van der Waals surface area contributed by atoms with E-state index in [2.05, 4.69) is 6.07 Å². The van der Waals surface area contributed by atoms with E-state index in [4.69, 9.17) is 14.2 Å². The monoisotopic (exact) mass is 476 g/mol. The molecule has 0 saturated carbocycles. The Morgan fingerprint density at radius 2 is 1.71 bits per heavy atom. The minimum Gasteiger partial charge on any atom is -0.493 e. The number of non-ortho nitro benzene ring substituents is 1. The molecule has 35 heavy (non-hydrogen) atoms. The van der Waals surface area contributed by atoms with Gasteiger partial charge in [0, 0.05) is 24.2 Å². The van der Waals surface area contributed by atoms with Gasteiger partial charge in [-0.3, -0.25) is 14.9 Å². The van der Waals surface area contributed by atoms with Crippen LogP contribution in [0, 0.1) is 24.0 Å². The number of carbonyl (C=O) groups excluding carboxylic acids is 1. The lowest BCUT2D eigenvalue weighted by Gasteiger charge is -2.37. The number of aryl methyl sites for hydroxylation is 2. The Morgan fingerprint density at radius 1 is 1.03 bits per heavy atom. The van der Waals surface area contributed by atoms with Gasteiger partial charge in [-0.25, -0.2) is 0 Å². The average Bonchev–Trinajstić information content (AvgIpc) is 2.85. The van der Waals surface area contributed by atoms with Crippen molar-refractivity contribution in [2.45, 2.75) is 26.3 Å². The molecule has 182 valence electrons. The number of amides is 1. The number of benzene rings is 3. The maximum absolute atomic E-state index is 13.6. The zero-order valence-corrected chi connectivity index (χ0v) is 20.2. The first-order valence-corrected chi connectivity index (χ1v) is 11.3. The lowest BCUT2D eigenvalue weighted by Crippen LogP contribution is -2.42. The second-order valence-corrected chi connectivity index (χ2v) is 8.61. The van der Waals surface area contributed by atoms with Crippen molar-refractivity contribution in [1.29, 1.82) is 0 Å². The molecule has 1 aliphatic heterocycles. The lowest BCUT2D eigenvalue weighted by molar-refractivity contribution is -0.384. The summed E-state index contributed by atoms with van der Waals surface area (Å²) in [5.74, 6) is 1.62. The summed E-state index contributed by atoms with van der Waals surface area (Å²) in [4.78, 5) is 26.1. The van der Waals surface area contributed by atoms with Gasteiger partial charge in [-0.15, -0.1) is 0 Å². The predicted molar refractivity (Wildman–Crippen MR) is 132 cm³/mol. The van der Waals surface area contributed by atoms with Crippen LogP contribution in [0.1, 0.15) is 38.7 Å². The fourth-order valence-electron chi connectivity index (χ4n) is 4.56. The van der Waals surface area contributed by atoms with Gasteiger partial charge in [-0.2, -0.15) is 0 Å². The van der Waals surface area contributed by atoms with E-state index in [1.165, 1.54) is 18.2 Å². The SMILES string of the molecule is COc1cc2c(cc1OC)C(COc1cc(C)cc(C)c1)N(C(=O)c1cccc([N+](=O)[O-])c1)CC2.